The summed E-state index contributed by atoms with van der Waals surface area (Å²) in [5.74, 6) is 3.49. The average molecular weight is 310 g/mol. The number of carbonyl (C=O) groups is 1. The van der Waals surface area contributed by atoms with Crippen LogP contribution >= 0.6 is 0 Å². The molecule has 0 saturated heterocycles. The van der Waals surface area contributed by atoms with Crippen molar-refractivity contribution in [1.29, 1.82) is 0 Å². The number of fused-ring (bicyclic) bond motifs is 5. The Kier molecular flexibility index (Phi) is 3.31. The van der Waals surface area contributed by atoms with E-state index in [1.165, 1.54) is 18.4 Å². The molecule has 2 saturated carbocycles. The molecule has 4 aliphatic carbocycles. The van der Waals surface area contributed by atoms with E-state index < -0.39 is 0 Å². The molecule has 0 aliphatic heterocycles. The van der Waals surface area contributed by atoms with Crippen molar-refractivity contribution in [1.82, 2.24) is 0 Å². The van der Waals surface area contributed by atoms with Gasteiger partial charge in [0.1, 0.15) is 5.78 Å². The minimum atomic E-state index is -0.0659. The summed E-state index contributed by atoms with van der Waals surface area (Å²) in [6, 6.07) is 0. The van der Waals surface area contributed by atoms with Crippen molar-refractivity contribution in [3.8, 4) is 0 Å². The van der Waals surface area contributed by atoms with Gasteiger partial charge in [0, 0.05) is 17.8 Å². The van der Waals surface area contributed by atoms with Gasteiger partial charge in [0.2, 0.25) is 0 Å². The topological polar surface area (TPSA) is 17.1 Å². The molecule has 0 unspecified atom stereocenters. The van der Waals surface area contributed by atoms with Gasteiger partial charge < -0.3 is 0 Å². The number of allylic oxidation sites excluding steroid dienone is 6. The van der Waals surface area contributed by atoms with Crippen molar-refractivity contribution in [3.63, 3.8) is 0 Å². The molecule has 1 nitrogen and oxygen atoms in total. The predicted molar refractivity (Wildman–Crippen MR) is 94.9 cm³/mol. The maximum absolute atomic E-state index is 13.3. The maximum Gasteiger partial charge on any atom is 0.138 e. The van der Waals surface area contributed by atoms with Gasteiger partial charge in [0.25, 0.3) is 0 Å². The summed E-state index contributed by atoms with van der Waals surface area (Å²) in [5, 5.41) is 0. The Morgan fingerprint density at radius 1 is 1.26 bits per heavy atom. The zero-order valence-electron chi connectivity index (χ0n) is 15.0. The quantitative estimate of drug-likeness (QED) is 0.638. The molecule has 0 aromatic carbocycles. The van der Waals surface area contributed by atoms with E-state index in [0.29, 0.717) is 11.7 Å². The summed E-state index contributed by atoms with van der Waals surface area (Å²) < 4.78 is 0. The molecule has 1 heteroatoms. The van der Waals surface area contributed by atoms with Gasteiger partial charge in [-0.05, 0) is 47.5 Å². The highest BCUT2D eigenvalue weighted by molar-refractivity contribution is 5.85. The molecule has 0 aromatic heterocycles. The van der Waals surface area contributed by atoms with E-state index in [0.717, 1.165) is 30.6 Å². The van der Waals surface area contributed by atoms with E-state index in [1.54, 1.807) is 0 Å². The minimum Gasteiger partial charge on any atom is -0.299 e. The van der Waals surface area contributed by atoms with Crippen LogP contribution in [0, 0.1) is 40.4 Å². The van der Waals surface area contributed by atoms with Gasteiger partial charge in [-0.2, -0.15) is 0 Å². The summed E-state index contributed by atoms with van der Waals surface area (Å²) in [4.78, 5) is 13.3. The smallest absolute Gasteiger partial charge is 0.138 e. The molecule has 0 radical (unpaired) electrons. The number of rotatable bonds is 1. The first-order valence-corrected chi connectivity index (χ1v) is 9.51. The first kappa shape index (κ1) is 15.4. The fraction of sp³-hybridized carbons (Fsp3) is 0.682. The van der Waals surface area contributed by atoms with Gasteiger partial charge in [0.15, 0.2) is 0 Å². The standard InChI is InChI=1S/C22H30O/c1-5-17-14(2)12-18-16-10-9-15-8-6-7-11-21(15,3)20(16)19(23)13-22(17,18)4/h6-9,11,14,16-18,20H,5,10,12-13H2,1-4H3/t14-,16-,17-,18-,20+,21-,22+/m0/s1. The van der Waals surface area contributed by atoms with Crippen LogP contribution in [0.1, 0.15) is 53.4 Å². The van der Waals surface area contributed by atoms with Crippen LogP contribution in [0.15, 0.2) is 36.0 Å². The fourth-order valence-corrected chi connectivity index (χ4v) is 7.11. The van der Waals surface area contributed by atoms with Crippen LogP contribution in [0.4, 0.5) is 0 Å². The van der Waals surface area contributed by atoms with Gasteiger partial charge in [0.05, 0.1) is 0 Å². The molecule has 2 fully saturated rings. The summed E-state index contributed by atoms with van der Waals surface area (Å²) in [6.07, 6.45) is 15.7. The molecular weight excluding hydrogens is 280 g/mol. The van der Waals surface area contributed by atoms with Crippen molar-refractivity contribution in [2.24, 2.45) is 40.4 Å². The number of hydrogen-bond donors (Lipinski definition) is 0. The normalized spacial score (nSPS) is 51.0. The molecule has 23 heavy (non-hydrogen) atoms. The third-order valence-electron chi connectivity index (χ3n) is 8.00. The molecule has 4 aliphatic rings. The van der Waals surface area contributed by atoms with E-state index in [9.17, 15) is 4.79 Å². The molecule has 0 amide bonds. The number of hydrogen-bond acceptors (Lipinski definition) is 1. The highest BCUT2D eigenvalue weighted by Gasteiger charge is 2.61. The highest BCUT2D eigenvalue weighted by Crippen LogP contribution is 2.65. The monoisotopic (exact) mass is 310 g/mol. The second kappa shape index (κ2) is 4.94. The lowest BCUT2D eigenvalue weighted by Crippen LogP contribution is -2.53. The second-order valence-electron chi connectivity index (χ2n) is 9.02. The molecule has 0 spiro atoms. The molecule has 7 atom stereocenters. The zero-order chi connectivity index (χ0) is 16.4. The van der Waals surface area contributed by atoms with Crippen LogP contribution in [0.25, 0.3) is 0 Å². The van der Waals surface area contributed by atoms with Gasteiger partial charge in [-0.3, -0.25) is 4.79 Å². The van der Waals surface area contributed by atoms with Crippen LogP contribution in [0.3, 0.4) is 0 Å². The van der Waals surface area contributed by atoms with Gasteiger partial charge in [-0.25, -0.2) is 0 Å². The van der Waals surface area contributed by atoms with Crippen molar-refractivity contribution in [2.45, 2.75) is 53.4 Å². The summed E-state index contributed by atoms with van der Waals surface area (Å²) >= 11 is 0. The lowest BCUT2D eigenvalue weighted by atomic mass is 9.48. The Bertz CT molecular complexity index is 624. The molecular formula is C22H30O. The van der Waals surface area contributed by atoms with Crippen LogP contribution in [0.5, 0.6) is 0 Å². The Morgan fingerprint density at radius 2 is 2.04 bits per heavy atom. The van der Waals surface area contributed by atoms with Gasteiger partial charge >= 0.3 is 0 Å². The first-order chi connectivity index (χ1) is 10.9. The molecule has 0 aromatic rings. The number of carbonyl (C=O) groups excluding carboxylic acids is 1. The molecule has 4 rings (SSSR count). The lowest BCUT2D eigenvalue weighted by molar-refractivity contribution is -0.141. The van der Waals surface area contributed by atoms with Crippen molar-refractivity contribution in [2.75, 3.05) is 0 Å². The third-order valence-corrected chi connectivity index (χ3v) is 8.00. The van der Waals surface area contributed by atoms with Crippen molar-refractivity contribution < 1.29 is 4.79 Å². The Balaban J connectivity index is 1.79. The lowest BCUT2D eigenvalue weighted by Gasteiger charge is -2.54. The zero-order valence-corrected chi connectivity index (χ0v) is 15.0. The van der Waals surface area contributed by atoms with E-state index >= 15 is 0 Å². The van der Waals surface area contributed by atoms with Crippen molar-refractivity contribution >= 4 is 5.78 Å². The molecule has 124 valence electrons. The molecule has 0 N–H and O–H groups in total. The predicted octanol–water partition coefficient (Wildman–Crippen LogP) is 5.34. The highest BCUT2D eigenvalue weighted by atomic mass is 16.1. The molecule has 0 bridgehead atoms. The Hall–Kier alpha value is -1.11. The first-order valence-electron chi connectivity index (χ1n) is 9.51. The second-order valence-corrected chi connectivity index (χ2v) is 9.02. The summed E-state index contributed by atoms with van der Waals surface area (Å²) in [7, 11) is 0. The number of Topliss-reactive ketones (excluding diaryl/α,β-unsaturated/α-hetero) is 1. The van der Waals surface area contributed by atoms with E-state index in [2.05, 4.69) is 58.1 Å². The van der Waals surface area contributed by atoms with Crippen LogP contribution in [0.2, 0.25) is 0 Å². The third kappa shape index (κ3) is 1.88. The van der Waals surface area contributed by atoms with Crippen LogP contribution in [-0.4, -0.2) is 5.78 Å². The van der Waals surface area contributed by atoms with E-state index in [-0.39, 0.29) is 16.7 Å². The van der Waals surface area contributed by atoms with Crippen LogP contribution in [-0.2, 0) is 4.79 Å². The van der Waals surface area contributed by atoms with Crippen LogP contribution < -0.4 is 0 Å². The summed E-state index contributed by atoms with van der Waals surface area (Å²) in [6.45, 7) is 9.47. The average Bonchev–Trinajstić information content (AvgIpc) is 2.75. The minimum absolute atomic E-state index is 0.0659. The maximum atomic E-state index is 13.3. The molecule has 0 heterocycles. The van der Waals surface area contributed by atoms with Gasteiger partial charge in [-0.15, -0.1) is 0 Å². The van der Waals surface area contributed by atoms with E-state index in [1.807, 2.05) is 0 Å². The van der Waals surface area contributed by atoms with E-state index in [4.69, 9.17) is 0 Å². The SMILES string of the molecule is CC[C@H]1[C@@H](C)C[C@H]2[C@@H]3CC=C4C=CC=C[C@]4(C)[C@H]3C(=O)C[C@@]21C. The fourth-order valence-electron chi connectivity index (χ4n) is 7.11. The number of ketones is 1. The summed E-state index contributed by atoms with van der Waals surface area (Å²) in [5.41, 5.74) is 1.54. The van der Waals surface area contributed by atoms with Crippen molar-refractivity contribution in [3.05, 3.63) is 36.0 Å². The Labute approximate surface area is 140 Å². The largest absolute Gasteiger partial charge is 0.299 e. The Morgan fingerprint density at radius 3 is 2.78 bits per heavy atom. The van der Waals surface area contributed by atoms with Gasteiger partial charge in [-0.1, -0.05) is 64.5 Å².